The number of benzene rings is 4. The number of esters is 1. The van der Waals surface area contributed by atoms with Crippen LogP contribution < -0.4 is 15.4 Å². The average Bonchev–Trinajstić information content (AvgIpc) is 3.27. The van der Waals surface area contributed by atoms with E-state index in [-0.39, 0.29) is 57.1 Å². The summed E-state index contributed by atoms with van der Waals surface area (Å²) < 4.78 is 92.8. The van der Waals surface area contributed by atoms with Gasteiger partial charge in [0.1, 0.15) is 11.4 Å². The molecular weight excluding hydrogens is 974 g/mol. The number of aromatic hydroxyl groups is 1. The number of azo groups is 1. The standard InChI is InChI=1S/C49H61F3N4O13S2/c1-8-9-10-11-12-13-14-15-16-17-24-66-46(61)31-18-23-36(49(50,51)52)37(26-31)54-45(60)43(44(59)48(6,7)29-47(3,4)5)67-34-21-19-33(20-22-34)55-56-41-39(70-69-68-62)27-32-25-35(71(63,64)65)28-38(53-30(2)57)40(32)42(41)58/h18-23,25-28,43,58,62H,8-17,24,29H2,1-7H3,(H,53,57)(H,54,60)(H,63,64,65). The van der Waals surface area contributed by atoms with Gasteiger partial charge in [-0.05, 0) is 84.3 Å². The molecule has 0 spiro atoms. The van der Waals surface area contributed by atoms with Gasteiger partial charge >= 0.3 is 12.1 Å². The number of phenolic OH excluding ortho intramolecular Hbond substituents is 1. The third kappa shape index (κ3) is 17.6. The predicted octanol–water partition coefficient (Wildman–Crippen LogP) is 13.1. The number of carbonyl (C=O) groups is 4. The highest BCUT2D eigenvalue weighted by atomic mass is 32.2. The monoisotopic (exact) mass is 1030 g/mol. The van der Waals surface area contributed by atoms with Gasteiger partial charge in [-0.15, -0.1) is 9.45 Å². The maximum Gasteiger partial charge on any atom is 0.418 e. The molecule has 5 N–H and O–H groups in total. The maximum absolute atomic E-state index is 14.4. The van der Waals surface area contributed by atoms with Gasteiger partial charge in [-0.25, -0.2) is 10.1 Å². The summed E-state index contributed by atoms with van der Waals surface area (Å²) in [5, 5.41) is 36.6. The van der Waals surface area contributed by atoms with E-state index in [9.17, 15) is 50.4 Å². The van der Waals surface area contributed by atoms with Crippen molar-refractivity contribution < 1.29 is 74.5 Å². The second-order valence-corrected chi connectivity index (χ2v) is 20.9. The molecule has 0 aliphatic rings. The first-order valence-corrected chi connectivity index (χ1v) is 25.1. The number of hydrogen-bond donors (Lipinski definition) is 5. The summed E-state index contributed by atoms with van der Waals surface area (Å²) in [6.07, 6.45) is 3.78. The minimum Gasteiger partial charge on any atom is -0.505 e. The Morgan fingerprint density at radius 2 is 1.42 bits per heavy atom. The van der Waals surface area contributed by atoms with E-state index in [1.165, 1.54) is 62.4 Å². The van der Waals surface area contributed by atoms with E-state index in [0.717, 1.165) is 56.9 Å². The Labute approximate surface area is 415 Å². The fraction of sp³-hybridized carbons (Fsp3) is 0.469. The van der Waals surface area contributed by atoms with E-state index < -0.39 is 78.7 Å². The van der Waals surface area contributed by atoms with E-state index in [0.29, 0.717) is 24.5 Å². The highest BCUT2D eigenvalue weighted by Crippen LogP contribution is 2.47. The average molecular weight is 1040 g/mol. The number of rotatable bonds is 26. The van der Waals surface area contributed by atoms with Crippen molar-refractivity contribution in [2.24, 2.45) is 21.1 Å². The smallest absolute Gasteiger partial charge is 0.418 e. The number of hydrogen-bond acceptors (Lipinski definition) is 15. The first kappa shape index (κ1) is 57.9. The molecule has 388 valence electrons. The van der Waals surface area contributed by atoms with Crippen molar-refractivity contribution in [3.05, 3.63) is 71.8 Å². The third-order valence-corrected chi connectivity index (χ3v) is 12.4. The van der Waals surface area contributed by atoms with Crippen molar-refractivity contribution in [3.63, 3.8) is 0 Å². The van der Waals surface area contributed by atoms with Gasteiger partial charge < -0.3 is 25.2 Å². The van der Waals surface area contributed by atoms with Crippen molar-refractivity contribution in [1.29, 1.82) is 0 Å². The van der Waals surface area contributed by atoms with Crippen LogP contribution >= 0.6 is 12.0 Å². The molecule has 1 unspecified atom stereocenters. The van der Waals surface area contributed by atoms with Gasteiger partial charge in [-0.1, -0.05) is 104 Å². The van der Waals surface area contributed by atoms with Crippen molar-refractivity contribution in [2.45, 2.75) is 141 Å². The van der Waals surface area contributed by atoms with Crippen LogP contribution in [0.1, 0.15) is 135 Å². The van der Waals surface area contributed by atoms with Gasteiger partial charge in [0.15, 0.2) is 11.5 Å². The summed E-state index contributed by atoms with van der Waals surface area (Å²) >= 11 is 0.316. The molecule has 0 heterocycles. The van der Waals surface area contributed by atoms with Crippen molar-refractivity contribution in [2.75, 3.05) is 17.2 Å². The zero-order chi connectivity index (χ0) is 52.7. The summed E-state index contributed by atoms with van der Waals surface area (Å²) in [4.78, 5) is 52.7. The minimum absolute atomic E-state index is 0.0377. The Morgan fingerprint density at radius 1 is 0.803 bits per heavy atom. The highest BCUT2D eigenvalue weighted by Gasteiger charge is 2.43. The number of anilines is 2. The Bertz CT molecular complexity index is 2660. The number of ketones is 1. The molecule has 1 atom stereocenters. The molecular formula is C49H61F3N4O13S2. The van der Waals surface area contributed by atoms with E-state index in [1.54, 1.807) is 13.8 Å². The fourth-order valence-electron chi connectivity index (χ4n) is 8.00. The molecule has 17 nitrogen and oxygen atoms in total. The fourth-order valence-corrected chi connectivity index (χ4v) is 9.03. The normalized spacial score (nSPS) is 12.8. The largest absolute Gasteiger partial charge is 0.505 e. The van der Waals surface area contributed by atoms with Crippen LogP contribution in [0.15, 0.2) is 80.7 Å². The lowest BCUT2D eigenvalue weighted by Gasteiger charge is -2.33. The Morgan fingerprint density at radius 3 is 1.99 bits per heavy atom. The number of phenols is 1. The maximum atomic E-state index is 14.4. The molecule has 0 bridgehead atoms. The molecule has 0 saturated heterocycles. The summed E-state index contributed by atoms with van der Waals surface area (Å²) in [5.74, 6) is -4.33. The lowest BCUT2D eigenvalue weighted by molar-refractivity contribution is -0.432. The quantitative estimate of drug-likeness (QED) is 0.00574. The van der Waals surface area contributed by atoms with Crippen LogP contribution in [0.25, 0.3) is 10.8 Å². The number of carbonyl (C=O) groups excluding carboxylic acids is 4. The number of Topliss-reactive ketones (excluding diaryl/α,β-unsaturated/α-hetero) is 1. The predicted molar refractivity (Wildman–Crippen MR) is 260 cm³/mol. The third-order valence-electron chi connectivity index (χ3n) is 10.9. The molecule has 71 heavy (non-hydrogen) atoms. The van der Waals surface area contributed by atoms with Crippen LogP contribution in [0.2, 0.25) is 0 Å². The van der Waals surface area contributed by atoms with Crippen LogP contribution in [0, 0.1) is 10.8 Å². The Balaban J connectivity index is 1.62. The number of ether oxygens (including phenoxy) is 2. The lowest BCUT2D eigenvalue weighted by atomic mass is 9.72. The zero-order valence-electron chi connectivity index (χ0n) is 40.6. The van der Waals surface area contributed by atoms with Gasteiger partial charge in [-0.2, -0.15) is 26.7 Å². The van der Waals surface area contributed by atoms with Gasteiger partial charge in [0.2, 0.25) is 12.0 Å². The number of fused-ring (bicyclic) bond motifs is 1. The van der Waals surface area contributed by atoms with Gasteiger partial charge in [-0.3, -0.25) is 18.9 Å². The van der Waals surface area contributed by atoms with Crippen molar-refractivity contribution >= 4 is 79.2 Å². The minimum atomic E-state index is -4.99. The number of amides is 2. The molecule has 4 aromatic rings. The van der Waals surface area contributed by atoms with Crippen LogP contribution in [-0.2, 0) is 44.8 Å². The summed E-state index contributed by atoms with van der Waals surface area (Å²) in [7, 11) is -4.81. The molecule has 0 radical (unpaired) electrons. The highest BCUT2D eigenvalue weighted by molar-refractivity contribution is 7.94. The van der Waals surface area contributed by atoms with Gasteiger partial charge in [0.25, 0.3) is 16.0 Å². The number of halogens is 3. The summed E-state index contributed by atoms with van der Waals surface area (Å²) in [6, 6.07) is 10.8. The summed E-state index contributed by atoms with van der Waals surface area (Å²) in [5.41, 5.74) is -4.51. The Hall–Kier alpha value is -5.65. The number of nitrogens with one attached hydrogen (secondary N) is 2. The number of nitrogens with zero attached hydrogens (tertiary/aromatic N) is 2. The van der Waals surface area contributed by atoms with Crippen LogP contribution in [0.3, 0.4) is 0 Å². The molecule has 2 amide bonds. The SMILES string of the molecule is CCCCCCCCCCCCOC(=O)c1ccc(C(F)(F)F)c(NC(=O)C(Oc2ccc(N=Nc3c(SOOO)cc4cc(S(=O)(=O)O)cc(NC(C)=O)c4c3O)cc2)C(=O)C(C)(C)CC(C)(C)C)c1. The molecule has 0 aliphatic heterocycles. The molecule has 4 rings (SSSR count). The lowest BCUT2D eigenvalue weighted by Crippen LogP contribution is -2.47. The molecule has 22 heteroatoms. The number of unbranched alkanes of at least 4 members (excludes halogenated alkanes) is 9. The first-order chi connectivity index (χ1) is 33.2. The second kappa shape index (κ2) is 25.6. The van der Waals surface area contributed by atoms with Gasteiger partial charge in [0.05, 0.1) is 56.6 Å². The molecule has 4 aromatic carbocycles. The molecule has 0 fully saturated rings. The molecule has 0 aromatic heterocycles. The first-order valence-electron chi connectivity index (χ1n) is 22.9. The number of alkyl halides is 3. The van der Waals surface area contributed by atoms with E-state index in [2.05, 4.69) is 37.2 Å². The Kier molecular flexibility index (Phi) is 20.9. The topological polar surface area (TPSA) is 249 Å². The van der Waals surface area contributed by atoms with E-state index in [1.807, 2.05) is 20.8 Å². The van der Waals surface area contributed by atoms with Crippen LogP contribution in [0.5, 0.6) is 11.5 Å². The van der Waals surface area contributed by atoms with E-state index >= 15 is 0 Å². The van der Waals surface area contributed by atoms with Crippen molar-refractivity contribution in [1.82, 2.24) is 0 Å². The van der Waals surface area contributed by atoms with Gasteiger partial charge in [0, 0.05) is 17.7 Å². The molecule has 0 saturated carbocycles. The van der Waals surface area contributed by atoms with Crippen LogP contribution in [0.4, 0.5) is 35.9 Å². The zero-order valence-corrected chi connectivity index (χ0v) is 42.2. The van der Waals surface area contributed by atoms with Crippen molar-refractivity contribution in [3.8, 4) is 11.5 Å². The van der Waals surface area contributed by atoms with E-state index in [4.69, 9.17) is 14.7 Å². The second-order valence-electron chi connectivity index (χ2n) is 18.8. The van der Waals surface area contributed by atoms with Crippen LogP contribution in [-0.4, -0.2) is 59.6 Å². The molecule has 0 aliphatic carbocycles. The summed E-state index contributed by atoms with van der Waals surface area (Å²) in [6.45, 7) is 12.1.